The van der Waals surface area contributed by atoms with Crippen LogP contribution in [-0.2, 0) is 9.47 Å². The lowest BCUT2D eigenvalue weighted by atomic mass is 9.97. The first-order valence-corrected chi connectivity index (χ1v) is 14.9. The summed E-state index contributed by atoms with van der Waals surface area (Å²) in [7, 11) is 0. The maximum absolute atomic E-state index is 14.4. The van der Waals surface area contributed by atoms with Crippen molar-refractivity contribution in [1.29, 1.82) is 0 Å². The van der Waals surface area contributed by atoms with Gasteiger partial charge in [0.1, 0.15) is 82.6 Å². The summed E-state index contributed by atoms with van der Waals surface area (Å²) in [4.78, 5) is 0. The predicted octanol–water partition coefficient (Wildman–Crippen LogP) is -0.125. The van der Waals surface area contributed by atoms with Crippen LogP contribution in [0, 0.1) is 11.6 Å². The molecule has 2 aromatic heterocycles. The van der Waals surface area contributed by atoms with E-state index >= 15 is 0 Å². The van der Waals surface area contributed by atoms with Crippen molar-refractivity contribution >= 4 is 11.8 Å². The van der Waals surface area contributed by atoms with Gasteiger partial charge in [-0.3, -0.25) is 0 Å². The summed E-state index contributed by atoms with van der Waals surface area (Å²) in [5.41, 5.74) is -1.93. The van der Waals surface area contributed by atoms with E-state index in [0.717, 1.165) is 21.1 Å². The summed E-state index contributed by atoms with van der Waals surface area (Å²) in [5, 5.41) is 80.6. The van der Waals surface area contributed by atoms with E-state index in [9.17, 15) is 39.4 Å². The molecule has 2 aliphatic heterocycles. The molecule has 2 aliphatic rings. The minimum atomic E-state index is -1.53. The van der Waals surface area contributed by atoms with Crippen molar-refractivity contribution in [3.05, 3.63) is 72.6 Å². The Morgan fingerprint density at radius 2 is 1.04 bits per heavy atom. The minimum Gasteiger partial charge on any atom is -0.394 e. The molecule has 240 valence electrons. The Morgan fingerprint density at radius 1 is 0.644 bits per heavy atom. The Bertz CT molecular complexity index is 1500. The lowest BCUT2D eigenvalue weighted by molar-refractivity contribution is -0.189. The van der Waals surface area contributed by atoms with Crippen LogP contribution in [0.5, 0.6) is 0 Å². The van der Waals surface area contributed by atoms with Crippen LogP contribution in [0.3, 0.4) is 0 Å². The molecule has 0 saturated carbocycles. The summed E-state index contributed by atoms with van der Waals surface area (Å²) < 4.78 is 42.6. The lowest BCUT2D eigenvalue weighted by Crippen LogP contribution is -2.58. The van der Waals surface area contributed by atoms with E-state index < -0.39 is 84.4 Å². The highest BCUT2D eigenvalue weighted by Crippen LogP contribution is 2.42. The molecule has 0 aliphatic carbocycles. The molecule has 17 heteroatoms. The van der Waals surface area contributed by atoms with Crippen LogP contribution in [-0.4, -0.2) is 121 Å². The molecule has 0 bridgehead atoms. The van der Waals surface area contributed by atoms with Crippen molar-refractivity contribution in [3.8, 4) is 22.5 Å². The number of ether oxygens (including phenoxy) is 2. The van der Waals surface area contributed by atoms with Crippen LogP contribution in [0.2, 0.25) is 0 Å². The van der Waals surface area contributed by atoms with E-state index in [1.165, 1.54) is 48.8 Å². The zero-order chi connectivity index (χ0) is 31.8. The quantitative estimate of drug-likeness (QED) is 0.148. The smallest absolute Gasteiger partial charge is 0.134 e. The van der Waals surface area contributed by atoms with Gasteiger partial charge in [-0.05, 0) is 24.3 Å². The van der Waals surface area contributed by atoms with Crippen molar-refractivity contribution in [2.24, 2.45) is 0 Å². The first-order chi connectivity index (χ1) is 21.7. The van der Waals surface area contributed by atoms with E-state index in [1.807, 2.05) is 0 Å². The number of aliphatic hydroxyl groups excluding tert-OH is 6. The highest BCUT2D eigenvalue weighted by atomic mass is 32.2. The van der Waals surface area contributed by atoms with Crippen LogP contribution in [0.15, 0.2) is 60.9 Å². The fourth-order valence-corrected chi connectivity index (χ4v) is 6.87. The Labute approximate surface area is 258 Å². The lowest BCUT2D eigenvalue weighted by Gasteiger charge is -2.46. The molecule has 14 nitrogen and oxygen atoms in total. The van der Waals surface area contributed by atoms with Crippen LogP contribution < -0.4 is 0 Å². The van der Waals surface area contributed by atoms with Gasteiger partial charge in [0.15, 0.2) is 0 Å². The molecule has 45 heavy (non-hydrogen) atoms. The van der Waals surface area contributed by atoms with Crippen LogP contribution >= 0.6 is 11.8 Å². The molecule has 0 spiro atoms. The molecule has 6 N–H and O–H groups in total. The Hall–Kier alpha value is -3.39. The molecule has 4 aromatic rings. The number of aromatic nitrogens is 6. The predicted molar refractivity (Wildman–Crippen MR) is 152 cm³/mol. The summed E-state index contributed by atoms with van der Waals surface area (Å²) in [6.45, 7) is -1.30. The second kappa shape index (κ2) is 13.1. The molecule has 6 rings (SSSR count). The van der Waals surface area contributed by atoms with Gasteiger partial charge in [-0.1, -0.05) is 46.5 Å². The second-order valence-electron chi connectivity index (χ2n) is 10.7. The Morgan fingerprint density at radius 3 is 1.42 bits per heavy atom. The van der Waals surface area contributed by atoms with E-state index in [-0.39, 0.29) is 22.5 Å². The average molecular weight is 649 g/mol. The monoisotopic (exact) mass is 648 g/mol. The van der Waals surface area contributed by atoms with Gasteiger partial charge in [0, 0.05) is 11.1 Å². The molecular formula is C28H30F2N6O8S. The third-order valence-electron chi connectivity index (χ3n) is 7.90. The number of benzene rings is 2. The van der Waals surface area contributed by atoms with Gasteiger partial charge in [-0.15, -0.1) is 10.2 Å². The van der Waals surface area contributed by atoms with E-state index in [4.69, 9.17) is 9.47 Å². The summed E-state index contributed by atoms with van der Waals surface area (Å²) >= 11 is 0.776. The van der Waals surface area contributed by atoms with E-state index in [1.54, 1.807) is 12.1 Å². The van der Waals surface area contributed by atoms with Crippen molar-refractivity contribution in [2.45, 2.75) is 59.6 Å². The normalized spacial score (nSPS) is 32.1. The molecule has 0 radical (unpaired) electrons. The van der Waals surface area contributed by atoms with Gasteiger partial charge in [-0.2, -0.15) is 0 Å². The number of aliphatic hydroxyl groups is 6. The number of thioether (sulfide) groups is 1. The Balaban J connectivity index is 1.26. The highest BCUT2D eigenvalue weighted by Gasteiger charge is 2.51. The minimum absolute atomic E-state index is 0.139. The Kier molecular flexibility index (Phi) is 9.23. The molecule has 4 heterocycles. The van der Waals surface area contributed by atoms with Gasteiger partial charge >= 0.3 is 0 Å². The topological polar surface area (TPSA) is 201 Å². The SMILES string of the molecule is OC[C@H]1O[C@@H](S[C@@H]2O[C@H](CO)[C@H](O)[C@@H](n3cc(-c4ccccc4F)nn3)[C@H]2O)[C@H](O)[C@H](n2cc(-c3ccccc3F)nn2)[C@H]1O. The summed E-state index contributed by atoms with van der Waals surface area (Å²) in [6.07, 6.45) is -5.75. The molecule has 0 amide bonds. The van der Waals surface area contributed by atoms with Gasteiger partial charge < -0.3 is 40.1 Å². The fraction of sp³-hybridized carbons (Fsp3) is 0.429. The summed E-state index contributed by atoms with van der Waals surface area (Å²) in [6, 6.07) is 9.30. The van der Waals surface area contributed by atoms with Gasteiger partial charge in [0.2, 0.25) is 0 Å². The summed E-state index contributed by atoms with van der Waals surface area (Å²) in [5.74, 6) is -1.10. The number of rotatable bonds is 8. The number of hydrogen-bond acceptors (Lipinski definition) is 13. The molecule has 10 atom stereocenters. The maximum Gasteiger partial charge on any atom is 0.134 e. The van der Waals surface area contributed by atoms with E-state index in [0.29, 0.717) is 0 Å². The highest BCUT2D eigenvalue weighted by molar-refractivity contribution is 8.00. The fourth-order valence-electron chi connectivity index (χ4n) is 5.55. The molecule has 0 unspecified atom stereocenters. The first kappa shape index (κ1) is 31.6. The van der Waals surface area contributed by atoms with Crippen molar-refractivity contribution < 1.29 is 48.9 Å². The van der Waals surface area contributed by atoms with Crippen molar-refractivity contribution in [3.63, 3.8) is 0 Å². The third-order valence-corrected chi connectivity index (χ3v) is 9.21. The molecule has 2 aromatic carbocycles. The van der Waals surface area contributed by atoms with Crippen LogP contribution in [0.4, 0.5) is 8.78 Å². The zero-order valence-corrected chi connectivity index (χ0v) is 24.1. The zero-order valence-electron chi connectivity index (χ0n) is 23.3. The largest absolute Gasteiger partial charge is 0.394 e. The molecule has 2 saturated heterocycles. The van der Waals surface area contributed by atoms with Crippen molar-refractivity contribution in [2.75, 3.05) is 13.2 Å². The van der Waals surface area contributed by atoms with Gasteiger partial charge in [0.25, 0.3) is 0 Å². The maximum atomic E-state index is 14.4. The van der Waals surface area contributed by atoms with E-state index in [2.05, 4.69) is 20.6 Å². The van der Waals surface area contributed by atoms with Crippen molar-refractivity contribution in [1.82, 2.24) is 30.0 Å². The average Bonchev–Trinajstić information content (AvgIpc) is 3.71. The second-order valence-corrected chi connectivity index (χ2v) is 11.9. The standard InChI is InChI=1S/C28H30F2N6O8S/c29-15-7-3-1-5-13(15)17-9-35(33-31-17)21-23(39)19(11-37)43-27(25(21)41)45-28-26(42)22(24(40)20(12-38)44-28)36-10-18(32-34-36)14-6-2-4-8-16(14)30/h1-10,19-28,37-42H,11-12H2/t19-,20-,21-,22-,23+,24+,25-,26-,27+,28+/m1/s1. The number of hydrogen-bond donors (Lipinski definition) is 6. The van der Waals surface area contributed by atoms with Crippen LogP contribution in [0.1, 0.15) is 12.1 Å². The third kappa shape index (κ3) is 5.98. The number of nitrogens with zero attached hydrogens (tertiary/aromatic N) is 6. The molecule has 2 fully saturated rings. The van der Waals surface area contributed by atoms with Gasteiger partial charge in [0.05, 0.1) is 25.6 Å². The first-order valence-electron chi connectivity index (χ1n) is 14.0. The number of halogens is 2. The van der Waals surface area contributed by atoms with Crippen LogP contribution in [0.25, 0.3) is 22.5 Å². The van der Waals surface area contributed by atoms with Gasteiger partial charge in [-0.25, -0.2) is 18.1 Å². The molecular weight excluding hydrogens is 618 g/mol.